The van der Waals surface area contributed by atoms with Crippen LogP contribution in [0.1, 0.15) is 54.4 Å². The van der Waals surface area contributed by atoms with Crippen LogP contribution in [-0.4, -0.2) is 17.3 Å². The molecule has 0 aromatic rings. The fourth-order valence-corrected chi connectivity index (χ4v) is 2.28. The maximum Gasteiger partial charge on any atom is 0.147 e. The molecule has 1 aliphatic carbocycles. The molecular weight excluding hydrogens is 228 g/mol. The van der Waals surface area contributed by atoms with Gasteiger partial charge < -0.3 is 0 Å². The summed E-state index contributed by atoms with van der Waals surface area (Å²) in [7, 11) is 0. The number of rotatable bonds is 2. The van der Waals surface area contributed by atoms with Gasteiger partial charge in [-0.3, -0.25) is 14.4 Å². The van der Waals surface area contributed by atoms with Crippen LogP contribution in [0.25, 0.3) is 0 Å². The minimum atomic E-state index is -0.694. The van der Waals surface area contributed by atoms with Crippen LogP contribution in [-0.2, 0) is 14.4 Å². The SMILES string of the molecule is CC(C)(C)C(=O)CC1C(=O)CC(C(C)(C)C)C1=O. The Labute approximate surface area is 109 Å². The second-order valence-electron chi connectivity index (χ2n) is 7.42. The van der Waals surface area contributed by atoms with E-state index in [4.69, 9.17) is 0 Å². The molecule has 0 amide bonds. The van der Waals surface area contributed by atoms with Gasteiger partial charge in [0.15, 0.2) is 0 Å². The second kappa shape index (κ2) is 4.60. The Morgan fingerprint density at radius 3 is 1.94 bits per heavy atom. The standard InChI is InChI=1S/C15H24O3/c1-14(2,3)10-8-11(16)9(13(10)18)7-12(17)15(4,5)6/h9-10H,7-8H2,1-6H3. The van der Waals surface area contributed by atoms with Crippen molar-refractivity contribution in [1.82, 2.24) is 0 Å². The lowest BCUT2D eigenvalue weighted by Gasteiger charge is -2.25. The number of Topliss-reactive ketones (excluding diaryl/α,β-unsaturated/α-hetero) is 3. The molecule has 0 aliphatic heterocycles. The van der Waals surface area contributed by atoms with Crippen LogP contribution in [0.4, 0.5) is 0 Å². The Hall–Kier alpha value is -0.990. The summed E-state index contributed by atoms with van der Waals surface area (Å²) in [5.41, 5.74) is -0.688. The summed E-state index contributed by atoms with van der Waals surface area (Å²) < 4.78 is 0. The summed E-state index contributed by atoms with van der Waals surface area (Å²) in [4.78, 5) is 36.1. The van der Waals surface area contributed by atoms with E-state index >= 15 is 0 Å². The minimum Gasteiger partial charge on any atom is -0.299 e. The number of ketones is 3. The zero-order valence-corrected chi connectivity index (χ0v) is 12.3. The predicted molar refractivity (Wildman–Crippen MR) is 70.1 cm³/mol. The molecule has 1 fully saturated rings. The van der Waals surface area contributed by atoms with E-state index < -0.39 is 11.3 Å². The van der Waals surface area contributed by atoms with Gasteiger partial charge in [0.05, 0.1) is 5.92 Å². The van der Waals surface area contributed by atoms with E-state index in [-0.39, 0.29) is 35.1 Å². The molecule has 3 nitrogen and oxygen atoms in total. The summed E-state index contributed by atoms with van der Waals surface area (Å²) in [6.45, 7) is 11.4. The predicted octanol–water partition coefficient (Wildman–Crippen LogP) is 2.81. The fraction of sp³-hybridized carbons (Fsp3) is 0.800. The third-order valence-corrected chi connectivity index (χ3v) is 3.75. The van der Waals surface area contributed by atoms with E-state index in [0.717, 1.165) is 0 Å². The zero-order valence-electron chi connectivity index (χ0n) is 12.3. The molecule has 0 radical (unpaired) electrons. The molecule has 102 valence electrons. The van der Waals surface area contributed by atoms with Crippen molar-refractivity contribution >= 4 is 17.3 Å². The topological polar surface area (TPSA) is 51.2 Å². The van der Waals surface area contributed by atoms with Gasteiger partial charge in [0, 0.05) is 24.2 Å². The minimum absolute atomic E-state index is 0.0104. The molecule has 0 aromatic heterocycles. The normalized spacial score (nSPS) is 25.7. The van der Waals surface area contributed by atoms with Crippen LogP contribution in [0.15, 0.2) is 0 Å². The average Bonchev–Trinajstić information content (AvgIpc) is 2.43. The van der Waals surface area contributed by atoms with Crippen molar-refractivity contribution in [3.8, 4) is 0 Å². The average molecular weight is 252 g/mol. The van der Waals surface area contributed by atoms with Crippen molar-refractivity contribution in [2.45, 2.75) is 54.4 Å². The Kier molecular flexibility index (Phi) is 3.85. The van der Waals surface area contributed by atoms with Crippen LogP contribution in [0, 0.1) is 22.7 Å². The highest BCUT2D eigenvalue weighted by Gasteiger charge is 2.47. The highest BCUT2D eigenvalue weighted by molar-refractivity contribution is 6.12. The molecule has 0 heterocycles. The molecule has 2 unspecified atom stereocenters. The quantitative estimate of drug-likeness (QED) is 0.710. The Morgan fingerprint density at radius 1 is 1.11 bits per heavy atom. The monoisotopic (exact) mass is 252 g/mol. The van der Waals surface area contributed by atoms with Gasteiger partial charge >= 0.3 is 0 Å². The Bertz CT molecular complexity index is 380. The summed E-state index contributed by atoms with van der Waals surface area (Å²) in [6.07, 6.45) is 0.373. The smallest absolute Gasteiger partial charge is 0.147 e. The summed E-state index contributed by atoms with van der Waals surface area (Å²) in [6, 6.07) is 0. The molecule has 1 saturated carbocycles. The number of hydrogen-bond donors (Lipinski definition) is 0. The van der Waals surface area contributed by atoms with E-state index in [2.05, 4.69) is 0 Å². The van der Waals surface area contributed by atoms with Crippen molar-refractivity contribution in [2.24, 2.45) is 22.7 Å². The maximum atomic E-state index is 12.3. The van der Waals surface area contributed by atoms with Gasteiger partial charge in [-0.15, -0.1) is 0 Å². The zero-order chi connectivity index (χ0) is 14.3. The number of hydrogen-bond acceptors (Lipinski definition) is 3. The van der Waals surface area contributed by atoms with E-state index in [0.29, 0.717) is 6.42 Å². The second-order valence-corrected chi connectivity index (χ2v) is 7.42. The highest BCUT2D eigenvalue weighted by Crippen LogP contribution is 2.39. The molecule has 18 heavy (non-hydrogen) atoms. The molecule has 1 rings (SSSR count). The fourth-order valence-electron chi connectivity index (χ4n) is 2.28. The summed E-state index contributed by atoms with van der Waals surface area (Å²) in [5, 5.41) is 0. The lowest BCUT2D eigenvalue weighted by molar-refractivity contribution is -0.136. The van der Waals surface area contributed by atoms with E-state index in [9.17, 15) is 14.4 Å². The first kappa shape index (κ1) is 15.1. The lowest BCUT2D eigenvalue weighted by Crippen LogP contribution is -2.30. The van der Waals surface area contributed by atoms with Crippen molar-refractivity contribution in [1.29, 1.82) is 0 Å². The lowest BCUT2D eigenvalue weighted by atomic mass is 9.77. The highest BCUT2D eigenvalue weighted by atomic mass is 16.2. The van der Waals surface area contributed by atoms with Crippen molar-refractivity contribution in [3.63, 3.8) is 0 Å². The first-order valence-corrected chi connectivity index (χ1v) is 6.54. The van der Waals surface area contributed by atoms with Crippen LogP contribution in [0.5, 0.6) is 0 Å². The van der Waals surface area contributed by atoms with E-state index in [1.165, 1.54) is 0 Å². The van der Waals surface area contributed by atoms with Gasteiger partial charge in [-0.2, -0.15) is 0 Å². The molecule has 0 saturated heterocycles. The van der Waals surface area contributed by atoms with Crippen molar-refractivity contribution in [3.05, 3.63) is 0 Å². The number of carbonyl (C=O) groups is 3. The van der Waals surface area contributed by atoms with Gasteiger partial charge in [0.1, 0.15) is 17.3 Å². The molecular formula is C15H24O3. The molecule has 0 spiro atoms. The molecule has 0 aromatic carbocycles. The molecule has 3 heteroatoms. The summed E-state index contributed by atoms with van der Waals surface area (Å²) >= 11 is 0. The largest absolute Gasteiger partial charge is 0.299 e. The Balaban J connectivity index is 2.84. The van der Waals surface area contributed by atoms with E-state index in [1.807, 2.05) is 41.5 Å². The van der Waals surface area contributed by atoms with Gasteiger partial charge in [-0.05, 0) is 5.41 Å². The van der Waals surface area contributed by atoms with Crippen molar-refractivity contribution < 1.29 is 14.4 Å². The molecule has 2 atom stereocenters. The van der Waals surface area contributed by atoms with Crippen molar-refractivity contribution in [2.75, 3.05) is 0 Å². The maximum absolute atomic E-state index is 12.3. The van der Waals surface area contributed by atoms with Gasteiger partial charge in [-0.1, -0.05) is 41.5 Å². The third kappa shape index (κ3) is 3.06. The van der Waals surface area contributed by atoms with Crippen LogP contribution < -0.4 is 0 Å². The van der Waals surface area contributed by atoms with Gasteiger partial charge in [0.2, 0.25) is 0 Å². The van der Waals surface area contributed by atoms with Crippen LogP contribution in [0.3, 0.4) is 0 Å². The van der Waals surface area contributed by atoms with E-state index in [1.54, 1.807) is 0 Å². The van der Waals surface area contributed by atoms with Crippen LogP contribution in [0.2, 0.25) is 0 Å². The van der Waals surface area contributed by atoms with Gasteiger partial charge in [0.25, 0.3) is 0 Å². The first-order chi connectivity index (χ1) is 7.94. The number of carbonyl (C=O) groups excluding carboxylic acids is 3. The van der Waals surface area contributed by atoms with Gasteiger partial charge in [-0.25, -0.2) is 0 Å². The Morgan fingerprint density at radius 2 is 1.61 bits per heavy atom. The third-order valence-electron chi connectivity index (χ3n) is 3.75. The molecule has 1 aliphatic rings. The van der Waals surface area contributed by atoms with Crippen LogP contribution >= 0.6 is 0 Å². The molecule has 0 bridgehead atoms. The summed E-state index contributed by atoms with van der Waals surface area (Å²) in [5.74, 6) is -1.03. The first-order valence-electron chi connectivity index (χ1n) is 6.54. The molecule has 0 N–H and O–H groups in total.